The predicted molar refractivity (Wildman–Crippen MR) is 81.5 cm³/mol. The molecular weight excluding hydrogens is 266 g/mol. The second kappa shape index (κ2) is 6.83. The van der Waals surface area contributed by atoms with Crippen molar-refractivity contribution in [1.29, 1.82) is 0 Å². The smallest absolute Gasteiger partial charge is 0.335 e. The largest absolute Gasteiger partial charge is 0.478 e. The third-order valence-corrected chi connectivity index (χ3v) is 3.03. The highest BCUT2D eigenvalue weighted by molar-refractivity contribution is 5.88. The van der Waals surface area contributed by atoms with E-state index in [1.807, 2.05) is 32.0 Å². The number of carbonyl (C=O) groups is 1. The molecule has 2 N–H and O–H groups in total. The van der Waals surface area contributed by atoms with E-state index in [-0.39, 0.29) is 5.56 Å². The van der Waals surface area contributed by atoms with Crippen LogP contribution in [0.5, 0.6) is 0 Å². The highest BCUT2D eigenvalue weighted by Gasteiger charge is 2.08. The summed E-state index contributed by atoms with van der Waals surface area (Å²) < 4.78 is 0. The Balaban J connectivity index is 2.16. The molecule has 5 heteroatoms. The normalized spacial score (nSPS) is 10.4. The molecule has 0 fully saturated rings. The van der Waals surface area contributed by atoms with Gasteiger partial charge >= 0.3 is 5.97 Å². The average Bonchev–Trinajstić information content (AvgIpc) is 2.45. The SMILES string of the molecule is CCCc1cc(C(=O)O)cc(NCc2cccc(C)n2)n1. The van der Waals surface area contributed by atoms with Crippen molar-refractivity contribution in [2.75, 3.05) is 5.32 Å². The van der Waals surface area contributed by atoms with Gasteiger partial charge in [0.05, 0.1) is 17.8 Å². The Bertz CT molecular complexity index is 641. The number of rotatable bonds is 6. The highest BCUT2D eigenvalue weighted by Crippen LogP contribution is 2.13. The number of aryl methyl sites for hydroxylation is 2. The lowest BCUT2D eigenvalue weighted by Crippen LogP contribution is -2.07. The van der Waals surface area contributed by atoms with E-state index in [4.69, 9.17) is 5.11 Å². The van der Waals surface area contributed by atoms with Crippen molar-refractivity contribution in [1.82, 2.24) is 9.97 Å². The first kappa shape index (κ1) is 15.0. The van der Waals surface area contributed by atoms with Crippen LogP contribution >= 0.6 is 0 Å². The van der Waals surface area contributed by atoms with Crippen molar-refractivity contribution in [2.24, 2.45) is 0 Å². The lowest BCUT2D eigenvalue weighted by molar-refractivity contribution is 0.0696. The monoisotopic (exact) mass is 285 g/mol. The molecule has 0 saturated heterocycles. The van der Waals surface area contributed by atoms with Gasteiger partial charge in [0.15, 0.2) is 0 Å². The minimum atomic E-state index is -0.938. The molecule has 0 aromatic carbocycles. The molecule has 2 heterocycles. The van der Waals surface area contributed by atoms with E-state index in [0.29, 0.717) is 12.4 Å². The van der Waals surface area contributed by atoms with Gasteiger partial charge in [0, 0.05) is 11.4 Å². The van der Waals surface area contributed by atoms with E-state index in [0.717, 1.165) is 29.9 Å². The van der Waals surface area contributed by atoms with Crippen LogP contribution in [0.25, 0.3) is 0 Å². The molecule has 0 aliphatic heterocycles. The number of carboxylic acid groups (broad SMARTS) is 1. The predicted octanol–water partition coefficient (Wildman–Crippen LogP) is 3.05. The zero-order valence-electron chi connectivity index (χ0n) is 12.3. The summed E-state index contributed by atoms with van der Waals surface area (Å²) in [5.41, 5.74) is 2.90. The lowest BCUT2D eigenvalue weighted by Gasteiger charge is -2.09. The molecule has 0 aliphatic rings. The molecular formula is C16H19N3O2. The molecule has 0 unspecified atom stereocenters. The molecule has 0 amide bonds. The lowest BCUT2D eigenvalue weighted by atomic mass is 10.1. The van der Waals surface area contributed by atoms with E-state index >= 15 is 0 Å². The van der Waals surface area contributed by atoms with Gasteiger partial charge in [-0.2, -0.15) is 0 Å². The zero-order chi connectivity index (χ0) is 15.2. The van der Waals surface area contributed by atoms with E-state index < -0.39 is 5.97 Å². The molecule has 0 spiro atoms. The van der Waals surface area contributed by atoms with Crippen LogP contribution < -0.4 is 5.32 Å². The highest BCUT2D eigenvalue weighted by atomic mass is 16.4. The van der Waals surface area contributed by atoms with Crippen LogP contribution in [0.3, 0.4) is 0 Å². The van der Waals surface area contributed by atoms with E-state index in [1.54, 1.807) is 12.1 Å². The topological polar surface area (TPSA) is 75.1 Å². The molecule has 0 saturated carbocycles. The van der Waals surface area contributed by atoms with Crippen LogP contribution in [0.4, 0.5) is 5.82 Å². The van der Waals surface area contributed by atoms with Crippen molar-refractivity contribution >= 4 is 11.8 Å². The first-order valence-electron chi connectivity index (χ1n) is 6.99. The molecule has 2 aromatic rings. The Hall–Kier alpha value is -2.43. The van der Waals surface area contributed by atoms with Crippen LogP contribution in [-0.4, -0.2) is 21.0 Å². The fourth-order valence-electron chi connectivity index (χ4n) is 2.07. The van der Waals surface area contributed by atoms with Gasteiger partial charge in [-0.05, 0) is 37.6 Å². The van der Waals surface area contributed by atoms with E-state index in [2.05, 4.69) is 15.3 Å². The average molecular weight is 285 g/mol. The Morgan fingerprint density at radius 1 is 1.24 bits per heavy atom. The molecule has 0 radical (unpaired) electrons. The summed E-state index contributed by atoms with van der Waals surface area (Å²) in [6, 6.07) is 8.99. The fourth-order valence-corrected chi connectivity index (χ4v) is 2.07. The Labute approximate surface area is 124 Å². The number of nitrogens with zero attached hydrogens (tertiary/aromatic N) is 2. The summed E-state index contributed by atoms with van der Waals surface area (Å²) in [5, 5.41) is 12.3. The number of hydrogen-bond donors (Lipinski definition) is 2. The third kappa shape index (κ3) is 4.27. The van der Waals surface area contributed by atoms with Crippen LogP contribution in [0.1, 0.15) is 40.8 Å². The molecule has 0 aliphatic carbocycles. The van der Waals surface area contributed by atoms with Crippen LogP contribution in [0.2, 0.25) is 0 Å². The summed E-state index contributed by atoms with van der Waals surface area (Å²) >= 11 is 0. The van der Waals surface area contributed by atoms with Crippen molar-refractivity contribution in [3.8, 4) is 0 Å². The number of pyridine rings is 2. The van der Waals surface area contributed by atoms with Gasteiger partial charge in [0.1, 0.15) is 5.82 Å². The third-order valence-electron chi connectivity index (χ3n) is 3.03. The number of hydrogen-bond acceptors (Lipinski definition) is 4. The standard InChI is InChI=1S/C16H19N3O2/c1-3-5-13-8-12(16(20)21)9-15(19-13)17-10-14-7-4-6-11(2)18-14/h4,6-9H,3,5,10H2,1-2H3,(H,17,19)(H,20,21). The molecule has 21 heavy (non-hydrogen) atoms. The number of aromatic carboxylic acids is 1. The first-order valence-corrected chi connectivity index (χ1v) is 6.99. The van der Waals surface area contributed by atoms with Crippen molar-refractivity contribution < 1.29 is 9.90 Å². The maximum Gasteiger partial charge on any atom is 0.335 e. The number of anilines is 1. The van der Waals surface area contributed by atoms with Gasteiger partial charge in [-0.25, -0.2) is 9.78 Å². The van der Waals surface area contributed by atoms with Gasteiger partial charge in [-0.15, -0.1) is 0 Å². The van der Waals surface area contributed by atoms with E-state index in [9.17, 15) is 4.79 Å². The van der Waals surface area contributed by atoms with Crippen molar-refractivity contribution in [3.05, 3.63) is 53.0 Å². The molecule has 0 bridgehead atoms. The molecule has 5 nitrogen and oxygen atoms in total. The van der Waals surface area contributed by atoms with Gasteiger partial charge < -0.3 is 10.4 Å². The van der Waals surface area contributed by atoms with Crippen molar-refractivity contribution in [3.63, 3.8) is 0 Å². The zero-order valence-corrected chi connectivity index (χ0v) is 12.3. The van der Waals surface area contributed by atoms with Crippen LogP contribution in [0, 0.1) is 6.92 Å². The maximum absolute atomic E-state index is 11.2. The minimum Gasteiger partial charge on any atom is -0.478 e. The number of aromatic nitrogens is 2. The van der Waals surface area contributed by atoms with E-state index in [1.165, 1.54) is 0 Å². The van der Waals surface area contributed by atoms with Crippen LogP contribution in [-0.2, 0) is 13.0 Å². The van der Waals surface area contributed by atoms with Gasteiger partial charge in [-0.1, -0.05) is 19.4 Å². The maximum atomic E-state index is 11.2. The quantitative estimate of drug-likeness (QED) is 0.853. The van der Waals surface area contributed by atoms with Gasteiger partial charge in [-0.3, -0.25) is 4.98 Å². The van der Waals surface area contributed by atoms with Crippen molar-refractivity contribution in [2.45, 2.75) is 33.2 Å². The summed E-state index contributed by atoms with van der Waals surface area (Å²) in [6.45, 7) is 4.49. The summed E-state index contributed by atoms with van der Waals surface area (Å²) in [5.74, 6) is -0.367. The second-order valence-corrected chi connectivity index (χ2v) is 4.91. The molecule has 110 valence electrons. The number of nitrogens with one attached hydrogen (secondary N) is 1. The minimum absolute atomic E-state index is 0.258. The Morgan fingerprint density at radius 3 is 2.71 bits per heavy atom. The first-order chi connectivity index (χ1) is 10.1. The number of carboxylic acids is 1. The Morgan fingerprint density at radius 2 is 2.05 bits per heavy atom. The molecule has 2 aromatic heterocycles. The van der Waals surface area contributed by atoms with Crippen LogP contribution in [0.15, 0.2) is 30.3 Å². The Kier molecular flexibility index (Phi) is 4.87. The van der Waals surface area contributed by atoms with Gasteiger partial charge in [0.25, 0.3) is 0 Å². The fraction of sp³-hybridized carbons (Fsp3) is 0.312. The molecule has 0 atom stereocenters. The summed E-state index contributed by atoms with van der Waals surface area (Å²) in [6.07, 6.45) is 1.69. The van der Waals surface area contributed by atoms with Gasteiger partial charge in [0.2, 0.25) is 0 Å². The second-order valence-electron chi connectivity index (χ2n) is 4.91. The summed E-state index contributed by atoms with van der Waals surface area (Å²) in [4.78, 5) is 20.0. The molecule has 2 rings (SSSR count). The summed E-state index contributed by atoms with van der Waals surface area (Å²) in [7, 11) is 0.